The summed E-state index contributed by atoms with van der Waals surface area (Å²) >= 11 is 0. The molecule has 2 amide bonds. The van der Waals surface area contributed by atoms with Crippen molar-refractivity contribution in [2.45, 2.75) is 19.8 Å². The van der Waals surface area contributed by atoms with Gasteiger partial charge in [-0.25, -0.2) is 0 Å². The maximum Gasteiger partial charge on any atom is 0.257 e. The molecule has 0 saturated carbocycles. The summed E-state index contributed by atoms with van der Waals surface area (Å²) in [5.41, 5.74) is 5.45. The number of ether oxygens (including phenoxy) is 2. The maximum atomic E-state index is 11.6. The zero-order valence-corrected chi connectivity index (χ0v) is 11.8. The summed E-state index contributed by atoms with van der Waals surface area (Å²) in [6, 6.07) is 4.79. The fourth-order valence-corrected chi connectivity index (χ4v) is 1.61. The van der Waals surface area contributed by atoms with Gasteiger partial charge in [0, 0.05) is 6.54 Å². The summed E-state index contributed by atoms with van der Waals surface area (Å²) < 4.78 is 10.5. The Balaban J connectivity index is 2.71. The van der Waals surface area contributed by atoms with Crippen molar-refractivity contribution >= 4 is 11.8 Å². The minimum Gasteiger partial charge on any atom is -0.493 e. The van der Waals surface area contributed by atoms with Gasteiger partial charge in [0.25, 0.3) is 11.8 Å². The Bertz CT molecular complexity index is 474. The van der Waals surface area contributed by atoms with Crippen LogP contribution in [0.5, 0.6) is 11.5 Å². The van der Waals surface area contributed by atoms with Crippen molar-refractivity contribution in [1.82, 2.24) is 5.32 Å². The molecule has 110 valence electrons. The summed E-state index contributed by atoms with van der Waals surface area (Å²) in [5.74, 6) is -0.333. The summed E-state index contributed by atoms with van der Waals surface area (Å²) in [4.78, 5) is 22.9. The highest BCUT2D eigenvalue weighted by Crippen LogP contribution is 2.30. The molecule has 3 N–H and O–H groups in total. The minimum absolute atomic E-state index is 0.186. The Morgan fingerprint density at radius 2 is 2.10 bits per heavy atom. The molecule has 1 aromatic rings. The number of benzene rings is 1. The second-order valence-electron chi connectivity index (χ2n) is 4.19. The van der Waals surface area contributed by atoms with Crippen LogP contribution in [0.1, 0.15) is 30.1 Å². The smallest absolute Gasteiger partial charge is 0.257 e. The van der Waals surface area contributed by atoms with E-state index >= 15 is 0 Å². The van der Waals surface area contributed by atoms with Gasteiger partial charge in [-0.05, 0) is 18.6 Å². The first-order chi connectivity index (χ1) is 9.60. The van der Waals surface area contributed by atoms with Crippen LogP contribution in [0.25, 0.3) is 0 Å². The third-order valence-electron chi connectivity index (χ3n) is 2.66. The van der Waals surface area contributed by atoms with E-state index in [0.29, 0.717) is 12.3 Å². The van der Waals surface area contributed by atoms with Gasteiger partial charge in [0.1, 0.15) is 0 Å². The van der Waals surface area contributed by atoms with Gasteiger partial charge in [0.05, 0.1) is 12.7 Å². The van der Waals surface area contributed by atoms with Crippen molar-refractivity contribution in [2.24, 2.45) is 5.73 Å². The van der Waals surface area contributed by atoms with Gasteiger partial charge < -0.3 is 20.5 Å². The first kappa shape index (κ1) is 15.8. The zero-order chi connectivity index (χ0) is 15.0. The Hall–Kier alpha value is -2.24. The molecule has 0 aliphatic heterocycles. The molecule has 1 rings (SSSR count). The molecular formula is C14H20N2O4. The fraction of sp³-hybridized carbons (Fsp3) is 0.429. The highest BCUT2D eigenvalue weighted by Gasteiger charge is 2.15. The van der Waals surface area contributed by atoms with E-state index in [0.717, 1.165) is 12.8 Å². The molecule has 6 heteroatoms. The molecule has 0 aromatic heterocycles. The molecule has 0 heterocycles. The predicted molar refractivity (Wildman–Crippen MR) is 74.9 cm³/mol. The third-order valence-corrected chi connectivity index (χ3v) is 2.66. The standard InChI is InChI=1S/C14H20N2O4/c1-3-4-8-16-12(17)9-20-13-10(14(15)18)6-5-7-11(13)19-2/h5-7H,3-4,8-9H2,1-2H3,(H2,15,18)(H,16,17). The van der Waals surface area contributed by atoms with Gasteiger partial charge in [0.15, 0.2) is 18.1 Å². The Kier molecular flexibility index (Phi) is 6.36. The van der Waals surface area contributed by atoms with Crippen LogP contribution in [0.3, 0.4) is 0 Å². The summed E-state index contributed by atoms with van der Waals surface area (Å²) in [5, 5.41) is 2.72. The maximum absolute atomic E-state index is 11.6. The Labute approximate surface area is 118 Å². The van der Waals surface area contributed by atoms with Crippen LogP contribution in [0, 0.1) is 0 Å². The highest BCUT2D eigenvalue weighted by molar-refractivity contribution is 5.96. The largest absolute Gasteiger partial charge is 0.493 e. The first-order valence-electron chi connectivity index (χ1n) is 6.46. The molecule has 0 spiro atoms. The van der Waals surface area contributed by atoms with Crippen molar-refractivity contribution in [2.75, 3.05) is 20.3 Å². The average Bonchev–Trinajstić information content (AvgIpc) is 2.44. The number of unbranched alkanes of at least 4 members (excludes halogenated alkanes) is 1. The second kappa shape index (κ2) is 8.04. The van der Waals surface area contributed by atoms with E-state index in [1.165, 1.54) is 13.2 Å². The normalized spacial score (nSPS) is 9.90. The van der Waals surface area contributed by atoms with E-state index in [9.17, 15) is 9.59 Å². The Morgan fingerprint density at radius 1 is 1.35 bits per heavy atom. The summed E-state index contributed by atoms with van der Waals surface area (Å²) in [6.45, 7) is 2.45. The molecular weight excluding hydrogens is 260 g/mol. The number of para-hydroxylation sites is 1. The number of carbonyl (C=O) groups excluding carboxylic acids is 2. The topological polar surface area (TPSA) is 90.7 Å². The number of nitrogens with one attached hydrogen (secondary N) is 1. The van der Waals surface area contributed by atoms with E-state index < -0.39 is 5.91 Å². The molecule has 0 saturated heterocycles. The number of carbonyl (C=O) groups is 2. The Morgan fingerprint density at radius 3 is 2.70 bits per heavy atom. The van der Waals surface area contributed by atoms with Crippen molar-refractivity contribution in [1.29, 1.82) is 0 Å². The average molecular weight is 280 g/mol. The second-order valence-corrected chi connectivity index (χ2v) is 4.19. The number of rotatable bonds is 8. The molecule has 20 heavy (non-hydrogen) atoms. The SMILES string of the molecule is CCCCNC(=O)COc1c(OC)cccc1C(N)=O. The summed E-state index contributed by atoms with van der Waals surface area (Å²) in [7, 11) is 1.45. The van der Waals surface area contributed by atoms with Crippen molar-refractivity contribution < 1.29 is 19.1 Å². The van der Waals surface area contributed by atoms with Gasteiger partial charge >= 0.3 is 0 Å². The van der Waals surface area contributed by atoms with Gasteiger partial charge in [-0.1, -0.05) is 19.4 Å². The van der Waals surface area contributed by atoms with Gasteiger partial charge in [-0.3, -0.25) is 9.59 Å². The van der Waals surface area contributed by atoms with E-state index in [-0.39, 0.29) is 23.8 Å². The van der Waals surface area contributed by atoms with E-state index in [2.05, 4.69) is 5.32 Å². The molecule has 0 bridgehead atoms. The van der Waals surface area contributed by atoms with Gasteiger partial charge in [-0.15, -0.1) is 0 Å². The molecule has 0 atom stereocenters. The molecule has 6 nitrogen and oxygen atoms in total. The first-order valence-corrected chi connectivity index (χ1v) is 6.46. The lowest BCUT2D eigenvalue weighted by molar-refractivity contribution is -0.123. The lowest BCUT2D eigenvalue weighted by Crippen LogP contribution is -2.30. The van der Waals surface area contributed by atoms with E-state index in [4.69, 9.17) is 15.2 Å². The zero-order valence-electron chi connectivity index (χ0n) is 11.8. The molecule has 0 fully saturated rings. The number of hydrogen-bond acceptors (Lipinski definition) is 4. The van der Waals surface area contributed by atoms with Crippen molar-refractivity contribution in [3.63, 3.8) is 0 Å². The number of methoxy groups -OCH3 is 1. The lowest BCUT2D eigenvalue weighted by atomic mass is 10.2. The molecule has 0 unspecified atom stereocenters. The lowest BCUT2D eigenvalue weighted by Gasteiger charge is -2.13. The molecule has 0 aliphatic rings. The van der Waals surface area contributed by atoms with E-state index in [1.54, 1.807) is 12.1 Å². The van der Waals surface area contributed by atoms with Gasteiger partial charge in [-0.2, -0.15) is 0 Å². The number of hydrogen-bond donors (Lipinski definition) is 2. The fourth-order valence-electron chi connectivity index (χ4n) is 1.61. The van der Waals surface area contributed by atoms with Crippen molar-refractivity contribution in [3.05, 3.63) is 23.8 Å². The number of amides is 2. The number of nitrogens with two attached hydrogens (primary N) is 1. The monoisotopic (exact) mass is 280 g/mol. The van der Waals surface area contributed by atoms with Crippen LogP contribution < -0.4 is 20.5 Å². The van der Waals surface area contributed by atoms with Crippen LogP contribution in [-0.2, 0) is 4.79 Å². The minimum atomic E-state index is -0.634. The van der Waals surface area contributed by atoms with E-state index in [1.807, 2.05) is 6.92 Å². The highest BCUT2D eigenvalue weighted by atomic mass is 16.5. The summed E-state index contributed by atoms with van der Waals surface area (Å²) in [6.07, 6.45) is 1.91. The van der Waals surface area contributed by atoms with Crippen LogP contribution in [-0.4, -0.2) is 32.1 Å². The number of primary amides is 1. The molecule has 0 radical (unpaired) electrons. The third kappa shape index (κ3) is 4.46. The predicted octanol–water partition coefficient (Wildman–Crippen LogP) is 1.09. The van der Waals surface area contributed by atoms with Crippen molar-refractivity contribution in [3.8, 4) is 11.5 Å². The van der Waals surface area contributed by atoms with Gasteiger partial charge in [0.2, 0.25) is 0 Å². The quantitative estimate of drug-likeness (QED) is 0.697. The van der Waals surface area contributed by atoms with Crippen LogP contribution in [0.15, 0.2) is 18.2 Å². The molecule has 0 aliphatic carbocycles. The van der Waals surface area contributed by atoms with Crippen LogP contribution in [0.2, 0.25) is 0 Å². The van der Waals surface area contributed by atoms with Crippen LogP contribution >= 0.6 is 0 Å². The molecule has 1 aromatic carbocycles. The van der Waals surface area contributed by atoms with Crippen LogP contribution in [0.4, 0.5) is 0 Å².